The van der Waals surface area contributed by atoms with Gasteiger partial charge in [0.05, 0.1) is 6.54 Å². The number of hydrogen-bond acceptors (Lipinski definition) is 4. The van der Waals surface area contributed by atoms with E-state index in [2.05, 4.69) is 29.1 Å². The highest BCUT2D eigenvalue weighted by atomic mass is 16.2. The topological polar surface area (TPSA) is 58.1 Å². The van der Waals surface area contributed by atoms with Gasteiger partial charge in [-0.3, -0.25) is 4.79 Å². The standard InChI is InChI=1S/C12H20N4O/c1-8(2)10-6-9(3)14-12(15-10)13-7-11(17)16(4)5/h6,8H,7H2,1-5H3,(H,13,14,15). The van der Waals surface area contributed by atoms with Gasteiger partial charge < -0.3 is 10.2 Å². The summed E-state index contributed by atoms with van der Waals surface area (Å²) in [5.74, 6) is 0.868. The molecule has 1 aromatic heterocycles. The minimum Gasteiger partial charge on any atom is -0.347 e. The number of hydrogen-bond donors (Lipinski definition) is 1. The van der Waals surface area contributed by atoms with Gasteiger partial charge in [0.2, 0.25) is 11.9 Å². The Balaban J connectivity index is 2.74. The first kappa shape index (κ1) is 13.4. The van der Waals surface area contributed by atoms with Crippen LogP contribution in [0.15, 0.2) is 6.07 Å². The maximum absolute atomic E-state index is 11.4. The number of nitrogens with zero attached hydrogens (tertiary/aromatic N) is 3. The molecule has 0 unspecified atom stereocenters. The number of nitrogens with one attached hydrogen (secondary N) is 1. The van der Waals surface area contributed by atoms with E-state index in [9.17, 15) is 4.79 Å². The first-order valence-electron chi connectivity index (χ1n) is 5.69. The smallest absolute Gasteiger partial charge is 0.241 e. The van der Waals surface area contributed by atoms with Crippen LogP contribution in [0, 0.1) is 6.92 Å². The molecule has 0 radical (unpaired) electrons. The SMILES string of the molecule is Cc1cc(C(C)C)nc(NCC(=O)N(C)C)n1. The van der Waals surface area contributed by atoms with Crippen LogP contribution >= 0.6 is 0 Å². The van der Waals surface area contributed by atoms with Crippen LogP contribution in [-0.2, 0) is 4.79 Å². The Labute approximate surface area is 102 Å². The molecule has 0 aliphatic rings. The van der Waals surface area contributed by atoms with Gasteiger partial charge >= 0.3 is 0 Å². The normalized spacial score (nSPS) is 10.5. The average Bonchev–Trinajstić information content (AvgIpc) is 2.24. The fourth-order valence-corrected chi connectivity index (χ4v) is 1.28. The average molecular weight is 236 g/mol. The number of aromatic nitrogens is 2. The number of anilines is 1. The molecule has 5 heteroatoms. The Hall–Kier alpha value is -1.65. The van der Waals surface area contributed by atoms with Crippen LogP contribution in [0.25, 0.3) is 0 Å². The van der Waals surface area contributed by atoms with Crippen LogP contribution in [0.5, 0.6) is 0 Å². The summed E-state index contributed by atoms with van der Waals surface area (Å²) in [6.45, 7) is 6.30. The summed E-state index contributed by atoms with van der Waals surface area (Å²) in [5, 5.41) is 2.95. The van der Waals surface area contributed by atoms with Crippen molar-refractivity contribution >= 4 is 11.9 Å². The monoisotopic (exact) mass is 236 g/mol. The Bertz CT molecular complexity index is 401. The third-order valence-corrected chi connectivity index (χ3v) is 2.36. The van der Waals surface area contributed by atoms with Gasteiger partial charge in [-0.1, -0.05) is 13.8 Å². The van der Waals surface area contributed by atoms with Crippen LogP contribution in [0.3, 0.4) is 0 Å². The molecule has 1 heterocycles. The summed E-state index contributed by atoms with van der Waals surface area (Å²) in [4.78, 5) is 21.6. The minimum absolute atomic E-state index is 0.00111. The molecular weight excluding hydrogens is 216 g/mol. The van der Waals surface area contributed by atoms with Crippen LogP contribution in [0.4, 0.5) is 5.95 Å². The van der Waals surface area contributed by atoms with Gasteiger partial charge in [-0.25, -0.2) is 9.97 Å². The zero-order valence-corrected chi connectivity index (χ0v) is 11.1. The molecule has 0 aliphatic carbocycles. The van der Waals surface area contributed by atoms with Crippen molar-refractivity contribution in [3.63, 3.8) is 0 Å². The highest BCUT2D eigenvalue weighted by molar-refractivity contribution is 5.79. The van der Waals surface area contributed by atoms with Gasteiger partial charge in [0.25, 0.3) is 0 Å². The van der Waals surface area contributed by atoms with E-state index in [1.54, 1.807) is 14.1 Å². The molecule has 17 heavy (non-hydrogen) atoms. The predicted molar refractivity (Wildman–Crippen MR) is 68.0 cm³/mol. The quantitative estimate of drug-likeness (QED) is 0.858. The minimum atomic E-state index is 0.00111. The molecule has 0 atom stereocenters. The van der Waals surface area contributed by atoms with E-state index in [0.29, 0.717) is 11.9 Å². The number of aryl methyl sites for hydroxylation is 1. The lowest BCUT2D eigenvalue weighted by atomic mass is 10.1. The largest absolute Gasteiger partial charge is 0.347 e. The summed E-state index contributed by atoms with van der Waals surface area (Å²) in [5.41, 5.74) is 1.89. The Morgan fingerprint density at radius 1 is 1.41 bits per heavy atom. The number of amides is 1. The molecule has 1 N–H and O–H groups in total. The molecule has 0 spiro atoms. The Morgan fingerprint density at radius 3 is 2.59 bits per heavy atom. The second kappa shape index (κ2) is 5.61. The predicted octanol–water partition coefficient (Wildman–Crippen LogP) is 1.41. The van der Waals surface area contributed by atoms with Crippen LogP contribution in [0.2, 0.25) is 0 Å². The number of carbonyl (C=O) groups is 1. The van der Waals surface area contributed by atoms with Crippen LogP contribution in [-0.4, -0.2) is 41.4 Å². The summed E-state index contributed by atoms with van der Waals surface area (Å²) in [6.07, 6.45) is 0. The van der Waals surface area contributed by atoms with Crippen molar-refractivity contribution in [3.8, 4) is 0 Å². The second-order valence-corrected chi connectivity index (χ2v) is 4.55. The summed E-state index contributed by atoms with van der Waals surface area (Å²) < 4.78 is 0. The molecule has 0 fully saturated rings. The van der Waals surface area contributed by atoms with Crippen molar-refractivity contribution in [3.05, 3.63) is 17.5 Å². The highest BCUT2D eigenvalue weighted by Crippen LogP contribution is 2.14. The van der Waals surface area contributed by atoms with E-state index >= 15 is 0 Å². The van der Waals surface area contributed by atoms with Crippen molar-refractivity contribution in [2.45, 2.75) is 26.7 Å². The first-order valence-corrected chi connectivity index (χ1v) is 5.69. The fourth-order valence-electron chi connectivity index (χ4n) is 1.28. The van der Waals surface area contributed by atoms with E-state index < -0.39 is 0 Å². The number of carbonyl (C=O) groups excluding carboxylic acids is 1. The van der Waals surface area contributed by atoms with Crippen molar-refractivity contribution in [1.82, 2.24) is 14.9 Å². The highest BCUT2D eigenvalue weighted by Gasteiger charge is 2.08. The molecule has 0 saturated carbocycles. The third kappa shape index (κ3) is 4.01. The molecule has 0 saturated heterocycles. The zero-order chi connectivity index (χ0) is 13.0. The number of rotatable bonds is 4. The van der Waals surface area contributed by atoms with Crippen molar-refractivity contribution in [2.24, 2.45) is 0 Å². The number of likely N-dealkylation sites (N-methyl/N-ethyl adjacent to an activating group) is 1. The lowest BCUT2D eigenvalue weighted by Gasteiger charge is -2.12. The maximum Gasteiger partial charge on any atom is 0.241 e. The lowest BCUT2D eigenvalue weighted by Crippen LogP contribution is -2.29. The maximum atomic E-state index is 11.4. The Morgan fingerprint density at radius 2 is 2.06 bits per heavy atom. The zero-order valence-electron chi connectivity index (χ0n) is 11.1. The van der Waals surface area contributed by atoms with Gasteiger partial charge in [-0.15, -0.1) is 0 Å². The molecule has 0 aromatic carbocycles. The fraction of sp³-hybridized carbons (Fsp3) is 0.583. The van der Waals surface area contributed by atoms with Crippen molar-refractivity contribution in [2.75, 3.05) is 26.0 Å². The molecule has 0 bridgehead atoms. The third-order valence-electron chi connectivity index (χ3n) is 2.36. The first-order chi connectivity index (χ1) is 7.90. The van der Waals surface area contributed by atoms with Gasteiger partial charge in [-0.05, 0) is 18.9 Å². The van der Waals surface area contributed by atoms with Crippen LogP contribution < -0.4 is 5.32 Å². The Kier molecular flexibility index (Phi) is 4.43. The van der Waals surface area contributed by atoms with E-state index in [1.807, 2.05) is 13.0 Å². The van der Waals surface area contributed by atoms with Gasteiger partial charge in [0.15, 0.2) is 0 Å². The molecule has 1 aromatic rings. The lowest BCUT2D eigenvalue weighted by molar-refractivity contribution is -0.126. The summed E-state index contributed by atoms with van der Waals surface area (Å²) in [7, 11) is 3.45. The van der Waals surface area contributed by atoms with E-state index in [4.69, 9.17) is 0 Å². The van der Waals surface area contributed by atoms with E-state index in [-0.39, 0.29) is 12.5 Å². The van der Waals surface area contributed by atoms with Crippen molar-refractivity contribution in [1.29, 1.82) is 0 Å². The van der Waals surface area contributed by atoms with Gasteiger partial charge in [-0.2, -0.15) is 0 Å². The molecule has 0 aliphatic heterocycles. The summed E-state index contributed by atoms with van der Waals surface area (Å²) >= 11 is 0. The molecule has 94 valence electrons. The molecular formula is C12H20N4O. The molecule has 1 rings (SSSR count). The molecule has 5 nitrogen and oxygen atoms in total. The van der Waals surface area contributed by atoms with Crippen LogP contribution in [0.1, 0.15) is 31.2 Å². The van der Waals surface area contributed by atoms with Gasteiger partial charge in [0.1, 0.15) is 0 Å². The molecule has 1 amide bonds. The second-order valence-electron chi connectivity index (χ2n) is 4.55. The van der Waals surface area contributed by atoms with E-state index in [0.717, 1.165) is 11.4 Å². The summed E-state index contributed by atoms with van der Waals surface area (Å²) in [6, 6.07) is 1.96. The van der Waals surface area contributed by atoms with Crippen molar-refractivity contribution < 1.29 is 4.79 Å². The van der Waals surface area contributed by atoms with Gasteiger partial charge in [0, 0.05) is 25.5 Å². The van der Waals surface area contributed by atoms with E-state index in [1.165, 1.54) is 4.90 Å².